The number of hydrogen-bond donors (Lipinski definition) is 2. The van der Waals surface area contributed by atoms with Gasteiger partial charge in [0, 0.05) is 18.0 Å². The van der Waals surface area contributed by atoms with E-state index in [1.54, 1.807) is 6.08 Å². The van der Waals surface area contributed by atoms with Crippen molar-refractivity contribution in [3.05, 3.63) is 65.1 Å². The maximum Gasteiger partial charge on any atom is 0.247 e. The zero-order valence-electron chi connectivity index (χ0n) is 14.9. The quantitative estimate of drug-likeness (QED) is 0.850. The first-order valence-corrected chi connectivity index (χ1v) is 10.4. The summed E-state index contributed by atoms with van der Waals surface area (Å²) in [6, 6.07) is 14.5. The molecule has 6 nitrogen and oxygen atoms in total. The first-order valence-electron chi connectivity index (χ1n) is 8.85. The van der Waals surface area contributed by atoms with Gasteiger partial charge in [-0.25, -0.2) is 13.1 Å². The molecule has 2 aromatic carbocycles. The minimum Gasteiger partial charge on any atom is -0.356 e. The van der Waals surface area contributed by atoms with Gasteiger partial charge in [0.15, 0.2) is 0 Å². The Balaban J connectivity index is 1.48. The Morgan fingerprint density at radius 3 is 2.67 bits per heavy atom. The predicted molar refractivity (Wildman–Crippen MR) is 107 cm³/mol. The molecule has 27 heavy (non-hydrogen) atoms. The third-order valence-electron chi connectivity index (χ3n) is 4.92. The summed E-state index contributed by atoms with van der Waals surface area (Å²) in [6.45, 7) is 2.45. The molecule has 1 fully saturated rings. The van der Waals surface area contributed by atoms with Gasteiger partial charge in [0.05, 0.1) is 11.4 Å². The lowest BCUT2D eigenvalue weighted by atomic mass is 10.1. The molecule has 2 aliphatic heterocycles. The molecular weight excluding hydrogens is 362 g/mol. The van der Waals surface area contributed by atoms with Crippen molar-refractivity contribution >= 4 is 33.4 Å². The summed E-state index contributed by atoms with van der Waals surface area (Å²) in [6.07, 6.45) is 2.02. The van der Waals surface area contributed by atoms with Crippen LogP contribution in [-0.2, 0) is 14.8 Å². The van der Waals surface area contributed by atoms with Gasteiger partial charge in [0.1, 0.15) is 6.04 Å². The highest BCUT2D eigenvalue weighted by atomic mass is 32.2. The second-order valence-corrected chi connectivity index (χ2v) is 8.58. The Kier molecular flexibility index (Phi) is 4.49. The standard InChI is InChI=1S/C20H21N3O3S/c1-14-6-8-15(9-7-14)10-11-27(25,26)22-16-12-19-20(24)21-17-4-2-3-5-18(17)23(19)13-16/h2-11,16,19,22H,12-13H2,1H3,(H,21,24). The summed E-state index contributed by atoms with van der Waals surface area (Å²) < 4.78 is 27.6. The molecule has 1 saturated heterocycles. The largest absolute Gasteiger partial charge is 0.356 e. The number of hydrogen-bond acceptors (Lipinski definition) is 4. The van der Waals surface area contributed by atoms with E-state index in [0.717, 1.165) is 22.5 Å². The average Bonchev–Trinajstić information content (AvgIpc) is 3.05. The Hall–Kier alpha value is -2.64. The number of nitrogens with one attached hydrogen (secondary N) is 2. The van der Waals surface area contributed by atoms with E-state index < -0.39 is 10.0 Å². The molecule has 1 amide bonds. The third-order valence-corrected chi connectivity index (χ3v) is 6.08. The average molecular weight is 383 g/mol. The number of carbonyl (C=O) groups is 1. The maximum atomic E-state index is 12.4. The van der Waals surface area contributed by atoms with Crippen LogP contribution in [-0.4, -0.2) is 33.0 Å². The molecule has 0 saturated carbocycles. The van der Waals surface area contributed by atoms with Crippen LogP contribution in [0.3, 0.4) is 0 Å². The number of fused-ring (bicyclic) bond motifs is 3. The van der Waals surface area contributed by atoms with Crippen LogP contribution in [0.2, 0.25) is 0 Å². The second-order valence-electron chi connectivity index (χ2n) is 6.98. The van der Waals surface area contributed by atoms with Gasteiger partial charge in [-0.3, -0.25) is 4.79 Å². The van der Waals surface area contributed by atoms with Crippen LogP contribution in [0.4, 0.5) is 11.4 Å². The highest BCUT2D eigenvalue weighted by molar-refractivity contribution is 7.92. The number of amides is 1. The zero-order chi connectivity index (χ0) is 19.0. The fourth-order valence-corrected chi connectivity index (χ4v) is 4.65. The van der Waals surface area contributed by atoms with Gasteiger partial charge in [-0.05, 0) is 37.1 Å². The summed E-state index contributed by atoms with van der Waals surface area (Å²) in [7, 11) is -3.60. The number of sulfonamides is 1. The van der Waals surface area contributed by atoms with Crippen molar-refractivity contribution in [1.29, 1.82) is 0 Å². The summed E-state index contributed by atoms with van der Waals surface area (Å²) >= 11 is 0. The molecule has 2 aromatic rings. The minimum absolute atomic E-state index is 0.0920. The fourth-order valence-electron chi connectivity index (χ4n) is 3.60. The zero-order valence-corrected chi connectivity index (χ0v) is 15.7. The number of aryl methyl sites for hydroxylation is 1. The summed E-state index contributed by atoms with van der Waals surface area (Å²) in [5.41, 5.74) is 3.64. The highest BCUT2D eigenvalue weighted by Gasteiger charge is 2.41. The van der Waals surface area contributed by atoms with E-state index in [2.05, 4.69) is 10.0 Å². The van der Waals surface area contributed by atoms with Gasteiger partial charge in [-0.2, -0.15) is 0 Å². The van der Waals surface area contributed by atoms with Gasteiger partial charge in [0.2, 0.25) is 15.9 Å². The molecule has 0 spiro atoms. The summed E-state index contributed by atoms with van der Waals surface area (Å²) in [5, 5.41) is 4.08. The van der Waals surface area contributed by atoms with Gasteiger partial charge in [-0.1, -0.05) is 42.0 Å². The maximum absolute atomic E-state index is 12.4. The lowest BCUT2D eigenvalue weighted by Gasteiger charge is -2.32. The summed E-state index contributed by atoms with van der Waals surface area (Å²) in [4.78, 5) is 14.3. The predicted octanol–water partition coefficient (Wildman–Crippen LogP) is 2.48. The van der Waals surface area contributed by atoms with Gasteiger partial charge < -0.3 is 10.2 Å². The van der Waals surface area contributed by atoms with E-state index in [9.17, 15) is 13.2 Å². The molecule has 0 aliphatic carbocycles. The monoisotopic (exact) mass is 383 g/mol. The van der Waals surface area contributed by atoms with Gasteiger partial charge >= 0.3 is 0 Å². The number of benzene rings is 2. The van der Waals surface area contributed by atoms with Crippen molar-refractivity contribution in [3.8, 4) is 0 Å². The molecular formula is C20H21N3O3S. The molecule has 0 radical (unpaired) electrons. The number of rotatable bonds is 4. The Labute approximate surface area is 158 Å². The summed E-state index contributed by atoms with van der Waals surface area (Å²) in [5.74, 6) is -0.0920. The van der Waals surface area contributed by atoms with Crippen LogP contribution in [0.1, 0.15) is 17.5 Å². The van der Waals surface area contributed by atoms with E-state index in [4.69, 9.17) is 0 Å². The van der Waals surface area contributed by atoms with E-state index in [0.29, 0.717) is 13.0 Å². The number of para-hydroxylation sites is 2. The van der Waals surface area contributed by atoms with Crippen LogP contribution >= 0.6 is 0 Å². The Morgan fingerprint density at radius 1 is 1.15 bits per heavy atom. The van der Waals surface area contributed by atoms with Crippen molar-refractivity contribution in [1.82, 2.24) is 4.72 Å². The normalized spacial score (nSPS) is 21.8. The number of carbonyl (C=O) groups excluding carboxylic acids is 1. The molecule has 140 valence electrons. The van der Waals surface area contributed by atoms with Crippen molar-refractivity contribution in [2.45, 2.75) is 25.4 Å². The Bertz CT molecular complexity index is 999. The molecule has 7 heteroatoms. The first-order chi connectivity index (χ1) is 12.9. The lowest BCUT2D eigenvalue weighted by molar-refractivity contribution is -0.117. The molecule has 2 aliphatic rings. The molecule has 2 atom stereocenters. The number of anilines is 2. The van der Waals surface area contributed by atoms with Crippen LogP contribution in [0.15, 0.2) is 53.9 Å². The molecule has 4 rings (SSSR count). The third kappa shape index (κ3) is 3.74. The minimum atomic E-state index is -3.60. The topological polar surface area (TPSA) is 78.5 Å². The van der Waals surface area contributed by atoms with Gasteiger partial charge in [-0.15, -0.1) is 0 Å². The van der Waals surface area contributed by atoms with Gasteiger partial charge in [0.25, 0.3) is 0 Å². The first kappa shape index (κ1) is 17.8. The molecule has 2 unspecified atom stereocenters. The van der Waals surface area contributed by atoms with Crippen molar-refractivity contribution in [3.63, 3.8) is 0 Å². The van der Waals surface area contributed by atoms with Crippen molar-refractivity contribution in [2.75, 3.05) is 16.8 Å². The van der Waals surface area contributed by atoms with E-state index in [1.807, 2.05) is 60.4 Å². The van der Waals surface area contributed by atoms with Crippen LogP contribution in [0.5, 0.6) is 0 Å². The van der Waals surface area contributed by atoms with Crippen LogP contribution in [0, 0.1) is 6.92 Å². The van der Waals surface area contributed by atoms with Crippen molar-refractivity contribution in [2.24, 2.45) is 0 Å². The van der Waals surface area contributed by atoms with E-state index in [-0.39, 0.29) is 18.0 Å². The lowest BCUT2D eigenvalue weighted by Crippen LogP contribution is -2.43. The Morgan fingerprint density at radius 2 is 1.89 bits per heavy atom. The molecule has 2 N–H and O–H groups in total. The second kappa shape index (κ2) is 6.83. The highest BCUT2D eigenvalue weighted by Crippen LogP contribution is 2.36. The fraction of sp³-hybridized carbons (Fsp3) is 0.250. The van der Waals surface area contributed by atoms with Crippen molar-refractivity contribution < 1.29 is 13.2 Å². The SMILES string of the molecule is Cc1ccc(C=CS(=O)(=O)NC2CC3C(=O)Nc4ccccc4N3C2)cc1. The molecule has 0 bridgehead atoms. The number of nitrogens with zero attached hydrogens (tertiary/aromatic N) is 1. The van der Waals surface area contributed by atoms with Crippen LogP contribution in [0.25, 0.3) is 6.08 Å². The van der Waals surface area contributed by atoms with E-state index >= 15 is 0 Å². The molecule has 0 aromatic heterocycles. The smallest absolute Gasteiger partial charge is 0.247 e. The van der Waals surface area contributed by atoms with Crippen LogP contribution < -0.4 is 14.9 Å². The van der Waals surface area contributed by atoms with E-state index in [1.165, 1.54) is 5.41 Å². The molecule has 2 heterocycles.